The molecule has 0 unspecified atom stereocenters. The number of hydrogen-bond donors (Lipinski definition) is 1. The maximum atomic E-state index is 5.82. The van der Waals surface area contributed by atoms with E-state index in [2.05, 4.69) is 42.0 Å². The molecule has 0 aliphatic heterocycles. The van der Waals surface area contributed by atoms with Crippen LogP contribution in [-0.2, 0) is 6.54 Å². The van der Waals surface area contributed by atoms with E-state index in [1.54, 1.807) is 5.56 Å². The lowest BCUT2D eigenvalue weighted by Gasteiger charge is -2.27. The van der Waals surface area contributed by atoms with Gasteiger partial charge >= 0.3 is 0 Å². The molecule has 1 saturated carbocycles. The maximum Gasteiger partial charge on any atom is 0.0483 e. The van der Waals surface area contributed by atoms with E-state index in [0.717, 1.165) is 24.9 Å². The molecule has 1 aliphatic carbocycles. The highest BCUT2D eigenvalue weighted by Gasteiger charge is 2.24. The van der Waals surface area contributed by atoms with Gasteiger partial charge in [-0.15, -0.1) is 0 Å². The first kappa shape index (κ1) is 13.7. The monoisotopic (exact) mass is 270 g/mol. The molecular weight excluding hydrogens is 244 g/mol. The smallest absolute Gasteiger partial charge is 0.0483 e. The van der Waals surface area contributed by atoms with E-state index in [-0.39, 0.29) is 0 Å². The molecule has 0 amide bonds. The quantitative estimate of drug-likeness (QED) is 0.883. The third kappa shape index (κ3) is 2.49. The van der Waals surface area contributed by atoms with Gasteiger partial charge in [-0.1, -0.05) is 25.1 Å². The first-order valence-electron chi connectivity index (χ1n) is 8.11. The van der Waals surface area contributed by atoms with Crippen molar-refractivity contribution in [3.63, 3.8) is 0 Å². The highest BCUT2D eigenvalue weighted by Crippen LogP contribution is 2.39. The van der Waals surface area contributed by atoms with Crippen LogP contribution in [0.1, 0.15) is 50.5 Å². The zero-order valence-electron chi connectivity index (χ0n) is 12.5. The van der Waals surface area contributed by atoms with E-state index >= 15 is 0 Å². The van der Waals surface area contributed by atoms with Gasteiger partial charge in [0.05, 0.1) is 0 Å². The average Bonchev–Trinajstić information content (AvgIpc) is 2.87. The van der Waals surface area contributed by atoms with E-state index in [1.165, 1.54) is 43.0 Å². The van der Waals surface area contributed by atoms with Gasteiger partial charge in [-0.25, -0.2) is 0 Å². The van der Waals surface area contributed by atoms with E-state index < -0.39 is 0 Å². The van der Waals surface area contributed by atoms with Crippen molar-refractivity contribution >= 4 is 10.9 Å². The van der Waals surface area contributed by atoms with Crippen LogP contribution in [0, 0.1) is 5.92 Å². The van der Waals surface area contributed by atoms with Crippen LogP contribution in [0.25, 0.3) is 10.9 Å². The van der Waals surface area contributed by atoms with Crippen LogP contribution >= 0.6 is 0 Å². The molecule has 2 N–H and O–H groups in total. The van der Waals surface area contributed by atoms with Crippen molar-refractivity contribution in [2.75, 3.05) is 6.54 Å². The Kier molecular flexibility index (Phi) is 4.11. The Morgan fingerprint density at radius 2 is 1.90 bits per heavy atom. The minimum atomic E-state index is 0.737. The van der Waals surface area contributed by atoms with Crippen LogP contribution in [0.3, 0.4) is 0 Å². The lowest BCUT2D eigenvalue weighted by molar-refractivity contribution is 0.333. The van der Waals surface area contributed by atoms with E-state index in [4.69, 9.17) is 5.73 Å². The van der Waals surface area contributed by atoms with Gasteiger partial charge in [-0.05, 0) is 62.1 Å². The Bertz CT molecular complexity index is 562. The first-order chi connectivity index (χ1) is 9.83. The van der Waals surface area contributed by atoms with Gasteiger partial charge in [0.1, 0.15) is 0 Å². The van der Waals surface area contributed by atoms with Crippen LogP contribution in [0.5, 0.6) is 0 Å². The van der Waals surface area contributed by atoms with Crippen molar-refractivity contribution in [3.05, 3.63) is 36.0 Å². The lowest BCUT2D eigenvalue weighted by atomic mass is 9.79. The van der Waals surface area contributed by atoms with Crippen LogP contribution in [0.4, 0.5) is 0 Å². The van der Waals surface area contributed by atoms with Crippen molar-refractivity contribution < 1.29 is 0 Å². The fourth-order valence-electron chi connectivity index (χ4n) is 3.74. The van der Waals surface area contributed by atoms with Crippen molar-refractivity contribution in [2.24, 2.45) is 11.7 Å². The third-order valence-electron chi connectivity index (χ3n) is 4.90. The Morgan fingerprint density at radius 1 is 1.15 bits per heavy atom. The largest absolute Gasteiger partial charge is 0.347 e. The van der Waals surface area contributed by atoms with Gasteiger partial charge in [0, 0.05) is 23.6 Å². The molecule has 1 fully saturated rings. The predicted octanol–water partition coefficient (Wildman–Crippen LogP) is 4.28. The lowest BCUT2D eigenvalue weighted by Crippen LogP contribution is -2.20. The van der Waals surface area contributed by atoms with Gasteiger partial charge < -0.3 is 10.3 Å². The first-order valence-corrected chi connectivity index (χ1v) is 8.11. The Hall–Kier alpha value is -1.28. The van der Waals surface area contributed by atoms with Crippen LogP contribution in [0.2, 0.25) is 0 Å². The standard InChI is InChI=1S/C18H26N2/c1-2-11-20-13-17(16-5-3-4-6-18(16)20)15-9-7-14(12-19)8-10-15/h3-6,13-15H,2,7-12,19H2,1H3. The molecule has 0 bridgehead atoms. The summed E-state index contributed by atoms with van der Waals surface area (Å²) in [5, 5.41) is 1.47. The van der Waals surface area contributed by atoms with Gasteiger partial charge in [0.15, 0.2) is 0 Å². The summed E-state index contributed by atoms with van der Waals surface area (Å²) in [4.78, 5) is 0. The van der Waals surface area contributed by atoms with Crippen LogP contribution in [-0.4, -0.2) is 11.1 Å². The molecule has 1 aliphatic rings. The summed E-state index contributed by atoms with van der Waals surface area (Å²) in [7, 11) is 0. The summed E-state index contributed by atoms with van der Waals surface area (Å²) in [5.74, 6) is 1.50. The number of aromatic nitrogens is 1. The molecule has 2 aromatic rings. The highest BCUT2D eigenvalue weighted by atomic mass is 15.0. The fourth-order valence-corrected chi connectivity index (χ4v) is 3.74. The SMILES string of the molecule is CCCn1cc(C2CCC(CN)CC2)c2ccccc21. The molecule has 1 aromatic heterocycles. The summed E-state index contributed by atoms with van der Waals surface area (Å²) in [6, 6.07) is 8.89. The molecule has 0 saturated heterocycles. The second-order valence-corrected chi connectivity index (χ2v) is 6.25. The van der Waals surface area contributed by atoms with Gasteiger partial charge in [0.25, 0.3) is 0 Å². The van der Waals surface area contributed by atoms with E-state index in [1.807, 2.05) is 0 Å². The molecule has 0 atom stereocenters. The van der Waals surface area contributed by atoms with Crippen molar-refractivity contribution in [1.82, 2.24) is 4.57 Å². The van der Waals surface area contributed by atoms with Crippen LogP contribution in [0.15, 0.2) is 30.5 Å². The number of fused-ring (bicyclic) bond motifs is 1. The van der Waals surface area contributed by atoms with E-state index in [9.17, 15) is 0 Å². The Labute approximate surface area is 122 Å². The Morgan fingerprint density at radius 3 is 2.60 bits per heavy atom. The van der Waals surface area contributed by atoms with Gasteiger partial charge in [-0.3, -0.25) is 0 Å². The number of rotatable bonds is 4. The maximum absolute atomic E-state index is 5.82. The summed E-state index contributed by atoms with van der Waals surface area (Å²) in [5.41, 5.74) is 8.80. The van der Waals surface area contributed by atoms with Gasteiger partial charge in [-0.2, -0.15) is 0 Å². The molecule has 2 nitrogen and oxygen atoms in total. The predicted molar refractivity (Wildman–Crippen MR) is 86.0 cm³/mol. The second-order valence-electron chi connectivity index (χ2n) is 6.25. The molecule has 20 heavy (non-hydrogen) atoms. The number of aryl methyl sites for hydroxylation is 1. The average molecular weight is 270 g/mol. The van der Waals surface area contributed by atoms with Crippen molar-refractivity contribution in [3.8, 4) is 0 Å². The fraction of sp³-hybridized carbons (Fsp3) is 0.556. The molecule has 2 heteroatoms. The molecule has 1 heterocycles. The number of para-hydroxylation sites is 1. The van der Waals surface area contributed by atoms with Crippen LogP contribution < -0.4 is 5.73 Å². The number of nitrogens with zero attached hydrogens (tertiary/aromatic N) is 1. The molecule has 0 spiro atoms. The molecule has 108 valence electrons. The number of nitrogens with two attached hydrogens (primary N) is 1. The topological polar surface area (TPSA) is 30.9 Å². The second kappa shape index (κ2) is 6.01. The third-order valence-corrected chi connectivity index (χ3v) is 4.90. The normalized spacial score (nSPS) is 23.3. The minimum Gasteiger partial charge on any atom is -0.347 e. The number of benzene rings is 1. The summed E-state index contributed by atoms with van der Waals surface area (Å²) >= 11 is 0. The zero-order chi connectivity index (χ0) is 13.9. The molecule has 3 rings (SSSR count). The van der Waals surface area contributed by atoms with Crippen molar-refractivity contribution in [1.29, 1.82) is 0 Å². The highest BCUT2D eigenvalue weighted by molar-refractivity contribution is 5.84. The summed E-state index contributed by atoms with van der Waals surface area (Å²) < 4.78 is 2.44. The van der Waals surface area contributed by atoms with Crippen molar-refractivity contribution in [2.45, 2.75) is 51.5 Å². The summed E-state index contributed by atoms with van der Waals surface area (Å²) in [6.45, 7) is 4.24. The molecule has 0 radical (unpaired) electrons. The van der Waals surface area contributed by atoms with Gasteiger partial charge in [0.2, 0.25) is 0 Å². The minimum absolute atomic E-state index is 0.737. The summed E-state index contributed by atoms with van der Waals surface area (Å²) in [6.07, 6.45) is 8.83. The molecule has 1 aromatic carbocycles. The van der Waals surface area contributed by atoms with E-state index in [0.29, 0.717) is 0 Å². The zero-order valence-corrected chi connectivity index (χ0v) is 12.5. The molecular formula is C18H26N2. The Balaban J connectivity index is 1.91. The number of hydrogen-bond acceptors (Lipinski definition) is 1.